The van der Waals surface area contributed by atoms with Gasteiger partial charge in [-0.2, -0.15) is 13.2 Å². The average Bonchev–Trinajstić information content (AvgIpc) is 2.60. The van der Waals surface area contributed by atoms with Crippen LogP contribution < -0.4 is 5.56 Å². The molecule has 0 spiro atoms. The molecule has 2 aromatic heterocycles. The predicted octanol–water partition coefficient (Wildman–Crippen LogP) is 4.22. The van der Waals surface area contributed by atoms with Crippen molar-refractivity contribution >= 4 is 5.57 Å². The Balaban J connectivity index is 1.95. The molecule has 132 valence electrons. The van der Waals surface area contributed by atoms with Crippen LogP contribution >= 0.6 is 0 Å². The monoisotopic (exact) mass is 357 g/mol. The fourth-order valence-electron chi connectivity index (χ4n) is 2.50. The van der Waals surface area contributed by atoms with Crippen LogP contribution in [-0.4, -0.2) is 15.0 Å². The van der Waals surface area contributed by atoms with Crippen molar-refractivity contribution in [2.45, 2.75) is 13.1 Å². The number of rotatable bonds is 3. The van der Waals surface area contributed by atoms with Crippen LogP contribution in [0.3, 0.4) is 0 Å². The molecule has 0 amide bonds. The summed E-state index contributed by atoms with van der Waals surface area (Å²) in [5.74, 6) is 0.460. The van der Waals surface area contributed by atoms with Gasteiger partial charge in [0.2, 0.25) is 0 Å². The lowest BCUT2D eigenvalue weighted by Crippen LogP contribution is -2.09. The summed E-state index contributed by atoms with van der Waals surface area (Å²) >= 11 is 0. The Labute approximate surface area is 147 Å². The molecule has 7 heteroatoms. The van der Waals surface area contributed by atoms with Gasteiger partial charge in [0.25, 0.3) is 5.56 Å². The van der Waals surface area contributed by atoms with Gasteiger partial charge in [-0.3, -0.25) is 9.78 Å². The zero-order valence-corrected chi connectivity index (χ0v) is 13.8. The number of aryl methyl sites for hydroxylation is 1. The summed E-state index contributed by atoms with van der Waals surface area (Å²) in [4.78, 5) is 22.6. The van der Waals surface area contributed by atoms with Gasteiger partial charge in [-0.25, -0.2) is 4.98 Å². The van der Waals surface area contributed by atoms with Crippen LogP contribution in [0, 0.1) is 6.92 Å². The predicted molar refractivity (Wildman–Crippen MR) is 92.4 cm³/mol. The first-order chi connectivity index (χ1) is 12.2. The van der Waals surface area contributed by atoms with Crippen LogP contribution in [-0.2, 0) is 6.18 Å². The summed E-state index contributed by atoms with van der Waals surface area (Å²) < 4.78 is 38.1. The van der Waals surface area contributed by atoms with Crippen molar-refractivity contribution in [2.75, 3.05) is 0 Å². The van der Waals surface area contributed by atoms with E-state index >= 15 is 0 Å². The smallest absolute Gasteiger partial charge is 0.311 e. The minimum Gasteiger partial charge on any atom is -0.311 e. The van der Waals surface area contributed by atoms with Crippen molar-refractivity contribution < 1.29 is 13.2 Å². The second-order valence-corrected chi connectivity index (χ2v) is 5.70. The van der Waals surface area contributed by atoms with Crippen LogP contribution in [0.1, 0.15) is 22.5 Å². The van der Waals surface area contributed by atoms with Gasteiger partial charge in [0.1, 0.15) is 5.82 Å². The molecule has 0 unspecified atom stereocenters. The summed E-state index contributed by atoms with van der Waals surface area (Å²) in [5, 5.41) is 0. The minimum absolute atomic E-state index is 0.290. The van der Waals surface area contributed by atoms with E-state index in [9.17, 15) is 18.0 Å². The number of pyridine rings is 1. The van der Waals surface area contributed by atoms with Gasteiger partial charge in [0, 0.05) is 12.3 Å². The number of aromatic amines is 1. The van der Waals surface area contributed by atoms with Gasteiger partial charge in [0.05, 0.1) is 17.0 Å². The number of hydrogen-bond acceptors (Lipinski definition) is 3. The van der Waals surface area contributed by atoms with Crippen LogP contribution in [0.4, 0.5) is 13.2 Å². The minimum atomic E-state index is -4.38. The second-order valence-electron chi connectivity index (χ2n) is 5.70. The summed E-state index contributed by atoms with van der Waals surface area (Å²) in [6, 6.07) is 9.51. The molecule has 3 rings (SSSR count). The standard InChI is InChI=1S/C19H14F3N3O/c1-11(13-3-5-15(6-4-13)19(20,21)22)14-7-8-23-16(9-14)17-10-18(26)25-12(2)24-17/h3-10H,1H2,2H3,(H,24,25,26). The highest BCUT2D eigenvalue weighted by Gasteiger charge is 2.30. The third-order valence-electron chi connectivity index (χ3n) is 3.79. The summed E-state index contributed by atoms with van der Waals surface area (Å²) in [6.45, 7) is 5.62. The summed E-state index contributed by atoms with van der Waals surface area (Å²) in [5.41, 5.74) is 1.66. The van der Waals surface area contributed by atoms with Crippen molar-refractivity contribution in [3.8, 4) is 11.4 Å². The quantitative estimate of drug-likeness (QED) is 0.763. The van der Waals surface area contributed by atoms with Crippen LogP contribution in [0.5, 0.6) is 0 Å². The Morgan fingerprint density at radius 3 is 2.35 bits per heavy atom. The topological polar surface area (TPSA) is 58.6 Å². The van der Waals surface area contributed by atoms with Gasteiger partial charge < -0.3 is 4.98 Å². The van der Waals surface area contributed by atoms with Gasteiger partial charge in [-0.1, -0.05) is 18.7 Å². The molecule has 1 N–H and O–H groups in total. The van der Waals surface area contributed by atoms with Gasteiger partial charge in [-0.15, -0.1) is 0 Å². The van der Waals surface area contributed by atoms with E-state index in [1.165, 1.54) is 24.4 Å². The number of hydrogen-bond donors (Lipinski definition) is 1. The van der Waals surface area contributed by atoms with E-state index in [4.69, 9.17) is 0 Å². The average molecular weight is 357 g/mol. The Kier molecular flexibility index (Phi) is 4.46. The number of benzene rings is 1. The molecular weight excluding hydrogens is 343 g/mol. The highest BCUT2D eigenvalue weighted by molar-refractivity contribution is 5.79. The van der Waals surface area contributed by atoms with Crippen molar-refractivity contribution in [3.63, 3.8) is 0 Å². The molecule has 0 fully saturated rings. The molecule has 4 nitrogen and oxygen atoms in total. The Bertz CT molecular complexity index is 1020. The largest absolute Gasteiger partial charge is 0.416 e. The first kappa shape index (κ1) is 17.6. The number of aromatic nitrogens is 3. The zero-order valence-electron chi connectivity index (χ0n) is 13.8. The maximum atomic E-state index is 12.7. The first-order valence-corrected chi connectivity index (χ1v) is 7.65. The van der Waals surface area contributed by atoms with Crippen LogP contribution in [0.25, 0.3) is 17.0 Å². The van der Waals surface area contributed by atoms with Crippen molar-refractivity contribution in [3.05, 3.63) is 88.1 Å². The molecule has 3 aromatic rings. The lowest BCUT2D eigenvalue weighted by Gasteiger charge is -2.10. The number of alkyl halides is 3. The van der Waals surface area contributed by atoms with E-state index in [2.05, 4.69) is 21.5 Å². The maximum absolute atomic E-state index is 12.7. The lowest BCUT2D eigenvalue weighted by molar-refractivity contribution is -0.137. The number of halogens is 3. The normalized spacial score (nSPS) is 11.4. The Morgan fingerprint density at radius 2 is 1.73 bits per heavy atom. The number of nitrogens with one attached hydrogen (secondary N) is 1. The maximum Gasteiger partial charge on any atom is 0.416 e. The van der Waals surface area contributed by atoms with E-state index in [-0.39, 0.29) is 5.56 Å². The Morgan fingerprint density at radius 1 is 1.04 bits per heavy atom. The Hall–Kier alpha value is -3.22. The highest BCUT2D eigenvalue weighted by Crippen LogP contribution is 2.31. The lowest BCUT2D eigenvalue weighted by atomic mass is 9.98. The molecule has 0 saturated carbocycles. The molecule has 2 heterocycles. The molecule has 0 radical (unpaired) electrons. The second kappa shape index (κ2) is 6.59. The molecule has 0 aliphatic heterocycles. The third-order valence-corrected chi connectivity index (χ3v) is 3.79. The molecule has 0 atom stereocenters. The van der Waals surface area contributed by atoms with Crippen molar-refractivity contribution in [1.82, 2.24) is 15.0 Å². The van der Waals surface area contributed by atoms with Crippen molar-refractivity contribution in [2.24, 2.45) is 0 Å². The van der Waals surface area contributed by atoms with E-state index in [1.54, 1.807) is 19.1 Å². The first-order valence-electron chi connectivity index (χ1n) is 7.65. The fraction of sp³-hybridized carbons (Fsp3) is 0.105. The fourth-order valence-corrected chi connectivity index (χ4v) is 2.50. The van der Waals surface area contributed by atoms with E-state index in [0.29, 0.717) is 33.9 Å². The summed E-state index contributed by atoms with van der Waals surface area (Å²) in [7, 11) is 0. The van der Waals surface area contributed by atoms with Crippen LogP contribution in [0.15, 0.2) is 60.0 Å². The third kappa shape index (κ3) is 3.72. The van der Waals surface area contributed by atoms with E-state index in [0.717, 1.165) is 12.1 Å². The molecule has 26 heavy (non-hydrogen) atoms. The van der Waals surface area contributed by atoms with Gasteiger partial charge in [-0.05, 0) is 47.9 Å². The van der Waals surface area contributed by atoms with E-state index in [1.807, 2.05) is 0 Å². The molecule has 1 aromatic carbocycles. The number of H-pyrrole nitrogens is 1. The van der Waals surface area contributed by atoms with E-state index < -0.39 is 11.7 Å². The molecular formula is C19H14F3N3O. The highest BCUT2D eigenvalue weighted by atomic mass is 19.4. The number of nitrogens with zero attached hydrogens (tertiary/aromatic N) is 2. The molecule has 0 bridgehead atoms. The molecule has 0 aliphatic rings. The molecule has 0 aliphatic carbocycles. The van der Waals surface area contributed by atoms with Gasteiger partial charge >= 0.3 is 6.18 Å². The summed E-state index contributed by atoms with van der Waals surface area (Å²) in [6.07, 6.45) is -2.84. The van der Waals surface area contributed by atoms with Gasteiger partial charge in [0.15, 0.2) is 0 Å². The SMILES string of the molecule is C=C(c1ccc(C(F)(F)F)cc1)c1ccnc(-c2cc(=O)[nH]c(C)n2)c1. The molecule has 0 saturated heterocycles. The van der Waals surface area contributed by atoms with Crippen molar-refractivity contribution in [1.29, 1.82) is 0 Å². The van der Waals surface area contributed by atoms with Crippen LogP contribution in [0.2, 0.25) is 0 Å². The zero-order chi connectivity index (χ0) is 18.9.